The van der Waals surface area contributed by atoms with Crippen molar-refractivity contribution in [2.45, 2.75) is 56.9 Å². The first-order valence-corrected chi connectivity index (χ1v) is 26.3. The molecule has 2 aliphatic rings. The van der Waals surface area contributed by atoms with Crippen LogP contribution in [0.1, 0.15) is 49.9 Å². The normalized spacial score (nSPS) is 18.1. The zero-order chi connectivity index (χ0) is 41.2. The van der Waals surface area contributed by atoms with Gasteiger partial charge in [0.15, 0.2) is 0 Å². The van der Waals surface area contributed by atoms with E-state index in [0.717, 1.165) is 66.2 Å². The molecule has 2 aliphatic heterocycles. The van der Waals surface area contributed by atoms with Gasteiger partial charge >= 0.3 is 279 Å². The molecule has 0 aliphatic carbocycles. The topological polar surface area (TPSA) is 20.9 Å². The molecule has 262 valence electrons. The van der Waals surface area contributed by atoms with Crippen molar-refractivity contribution in [1.82, 2.24) is 0 Å². The molecular formula is C50H44GeN2O+2. The van der Waals surface area contributed by atoms with E-state index < -0.39 is 37.6 Å². The third kappa shape index (κ3) is 4.14. The van der Waals surface area contributed by atoms with Crippen LogP contribution in [-0.4, -0.2) is 13.3 Å². The Bertz CT molecular complexity index is 3300. The molecule has 6 aromatic carbocycles. The standard InChI is InChI=1S/C50H44GeN2O/c1-30-28-52-43(26-31(30)27-49(2,3)4)47-41(50(52)40-19-13-12-18-38(40)42-24-20-32(29-53(42)50)51(5,6)7)23-21-39-46-44(54-48(39)47)25-22-37-35-16-9-8-14-33(35)34-15-10-11-17-36(34)45(37)46/h8-26,28-29H,27H2,1-7H3/q+2/i1D3,27D2. The molecule has 1 atom stereocenters. The number of nitrogens with zero attached hydrogens (tertiary/aromatic N) is 2. The van der Waals surface area contributed by atoms with Crippen LogP contribution in [0.4, 0.5) is 0 Å². The quantitative estimate of drug-likeness (QED) is 0.0975. The third-order valence-corrected chi connectivity index (χ3v) is 16.1. The first-order chi connectivity index (χ1) is 27.9. The van der Waals surface area contributed by atoms with Crippen LogP contribution in [0.2, 0.25) is 17.3 Å². The summed E-state index contributed by atoms with van der Waals surface area (Å²) in [7, 11) is 0. The number of benzene rings is 6. The summed E-state index contributed by atoms with van der Waals surface area (Å²) in [6, 6.07) is 40.7. The van der Waals surface area contributed by atoms with Gasteiger partial charge in [0, 0.05) is 0 Å². The Kier molecular flexibility index (Phi) is 5.42. The van der Waals surface area contributed by atoms with Crippen LogP contribution in [0.15, 0.2) is 132 Å². The number of rotatable bonds is 2. The van der Waals surface area contributed by atoms with Gasteiger partial charge in [0.25, 0.3) is 0 Å². The summed E-state index contributed by atoms with van der Waals surface area (Å²) >= 11 is -2.43. The van der Waals surface area contributed by atoms with Gasteiger partial charge in [-0.05, 0) is 5.39 Å². The fourth-order valence-corrected chi connectivity index (χ4v) is 11.9. The molecule has 5 heterocycles. The summed E-state index contributed by atoms with van der Waals surface area (Å²) < 4.78 is 58.9. The molecule has 0 fully saturated rings. The SMILES string of the molecule is [2H]C([2H])([2H])c1c[n+]2c(cc1C([2H])([2H])C(C)(C)C)-c1c(ccc3c1oc1ccc4c5ccccc5c5ccccc5c4c13)C21c2ccccc2-c2cc[c]([Ge]([CH3])([CH3])[CH3])c[n+]21. The second kappa shape index (κ2) is 10.7. The molecule has 1 spiro atoms. The monoisotopic (exact) mass is 767 g/mol. The van der Waals surface area contributed by atoms with Crippen molar-refractivity contribution >= 4 is 71.9 Å². The van der Waals surface area contributed by atoms with Crippen LogP contribution in [0.3, 0.4) is 0 Å². The van der Waals surface area contributed by atoms with Gasteiger partial charge in [0.05, 0.1) is 0 Å². The van der Waals surface area contributed by atoms with Crippen molar-refractivity contribution in [1.29, 1.82) is 0 Å². The van der Waals surface area contributed by atoms with Crippen LogP contribution in [0.5, 0.6) is 0 Å². The Hall–Kier alpha value is -5.26. The van der Waals surface area contributed by atoms with Crippen LogP contribution in [0, 0.1) is 12.3 Å². The third-order valence-electron chi connectivity index (χ3n) is 11.8. The van der Waals surface area contributed by atoms with E-state index in [1.807, 2.05) is 26.8 Å². The van der Waals surface area contributed by atoms with Gasteiger partial charge in [0.2, 0.25) is 0 Å². The molecular weight excluding hydrogens is 717 g/mol. The summed E-state index contributed by atoms with van der Waals surface area (Å²) in [5.41, 5.74) is 5.39. The predicted octanol–water partition coefficient (Wildman–Crippen LogP) is 11.3. The Labute approximate surface area is 325 Å². The van der Waals surface area contributed by atoms with E-state index in [0.29, 0.717) is 5.58 Å². The van der Waals surface area contributed by atoms with Gasteiger partial charge in [-0.15, -0.1) is 0 Å². The van der Waals surface area contributed by atoms with E-state index >= 15 is 0 Å². The summed E-state index contributed by atoms with van der Waals surface area (Å²) in [6.45, 7) is 2.90. The molecule has 0 N–H and O–H groups in total. The van der Waals surface area contributed by atoms with E-state index in [1.54, 1.807) is 6.20 Å². The number of furan rings is 1. The number of aryl methyl sites for hydroxylation is 1. The second-order valence-corrected chi connectivity index (χ2v) is 27.9. The number of hydrogen-bond acceptors (Lipinski definition) is 1. The van der Waals surface area contributed by atoms with E-state index in [1.165, 1.54) is 20.6 Å². The van der Waals surface area contributed by atoms with Crippen molar-refractivity contribution in [3.63, 3.8) is 0 Å². The van der Waals surface area contributed by atoms with Crippen LogP contribution in [-0.2, 0) is 12.0 Å². The van der Waals surface area contributed by atoms with Crippen molar-refractivity contribution in [3.05, 3.63) is 150 Å². The number of aromatic nitrogens is 2. The van der Waals surface area contributed by atoms with Crippen molar-refractivity contribution in [2.75, 3.05) is 0 Å². The van der Waals surface area contributed by atoms with Crippen LogP contribution < -0.4 is 13.5 Å². The van der Waals surface area contributed by atoms with Crippen LogP contribution in [0.25, 0.3) is 76.8 Å². The van der Waals surface area contributed by atoms with Gasteiger partial charge in [0.1, 0.15) is 0 Å². The predicted molar refractivity (Wildman–Crippen MR) is 226 cm³/mol. The molecule has 4 heteroatoms. The fraction of sp³-hybridized carbons (Fsp3) is 0.200. The Balaban J connectivity index is 1.36. The first-order valence-electron chi connectivity index (χ1n) is 21.4. The molecule has 1 unspecified atom stereocenters. The molecule has 0 amide bonds. The summed E-state index contributed by atoms with van der Waals surface area (Å²) in [4.78, 5) is 0. The zero-order valence-electron chi connectivity index (χ0n) is 36.4. The van der Waals surface area contributed by atoms with Crippen molar-refractivity contribution in [3.8, 4) is 22.5 Å². The molecule has 0 bridgehead atoms. The molecule has 54 heavy (non-hydrogen) atoms. The van der Waals surface area contributed by atoms with Crippen molar-refractivity contribution < 1.29 is 20.4 Å². The number of hydrogen-bond donors (Lipinski definition) is 0. The van der Waals surface area contributed by atoms with Gasteiger partial charge in [-0.25, -0.2) is 0 Å². The number of pyridine rings is 2. The fourth-order valence-electron chi connectivity index (χ4n) is 9.61. The minimum absolute atomic E-state index is 0.00899. The van der Waals surface area contributed by atoms with Gasteiger partial charge < -0.3 is 0 Å². The maximum absolute atomic E-state index is 9.59. The summed E-state index contributed by atoms with van der Waals surface area (Å²) in [5.74, 6) is 7.18. The Morgan fingerprint density at radius 3 is 2.04 bits per heavy atom. The zero-order valence-corrected chi connectivity index (χ0v) is 33.5. The molecule has 3 aromatic heterocycles. The van der Waals surface area contributed by atoms with Gasteiger partial charge in [-0.2, -0.15) is 0 Å². The second-order valence-electron chi connectivity index (χ2n) is 17.3. The average molecular weight is 767 g/mol. The summed E-state index contributed by atoms with van der Waals surface area (Å²) in [6.07, 6.45) is 2.06. The molecule has 11 rings (SSSR count). The van der Waals surface area contributed by atoms with E-state index in [9.17, 15) is 2.74 Å². The number of fused-ring (bicyclic) bond motifs is 21. The summed E-state index contributed by atoms with van der Waals surface area (Å²) in [5, 5.41) is 8.99. The van der Waals surface area contributed by atoms with E-state index in [2.05, 4.69) is 142 Å². The molecule has 0 saturated carbocycles. The molecule has 9 aromatic rings. The van der Waals surface area contributed by atoms with E-state index in [-0.39, 0.29) is 11.1 Å². The van der Waals surface area contributed by atoms with Crippen molar-refractivity contribution in [2.24, 2.45) is 5.41 Å². The van der Waals surface area contributed by atoms with E-state index in [4.69, 9.17) is 8.53 Å². The molecule has 3 nitrogen and oxygen atoms in total. The Morgan fingerprint density at radius 1 is 0.667 bits per heavy atom. The minimum atomic E-state index is -2.60. The average Bonchev–Trinajstić information content (AvgIpc) is 3.82. The maximum atomic E-state index is 9.59. The Morgan fingerprint density at radius 2 is 1.31 bits per heavy atom. The molecule has 0 saturated heterocycles. The van der Waals surface area contributed by atoms with Gasteiger partial charge in [-0.3, -0.25) is 0 Å². The van der Waals surface area contributed by atoms with Gasteiger partial charge in [-0.1, -0.05) is 42.5 Å². The first kappa shape index (κ1) is 27.3. The van der Waals surface area contributed by atoms with Crippen LogP contribution >= 0.6 is 0 Å². The molecule has 0 radical (unpaired) electrons.